The van der Waals surface area contributed by atoms with Crippen molar-refractivity contribution in [2.75, 3.05) is 0 Å². The molecular formula is C17H14N8O2. The van der Waals surface area contributed by atoms with E-state index in [4.69, 9.17) is 9.26 Å². The second-order valence-corrected chi connectivity index (χ2v) is 6.02. The van der Waals surface area contributed by atoms with E-state index in [-0.39, 0.29) is 6.61 Å². The molecule has 4 aromatic heterocycles. The van der Waals surface area contributed by atoms with Gasteiger partial charge in [-0.2, -0.15) is 9.61 Å². The first kappa shape index (κ1) is 15.4. The fraction of sp³-hybridized carbons (Fsp3) is 0.176. The highest BCUT2D eigenvalue weighted by Gasteiger charge is 2.18. The van der Waals surface area contributed by atoms with Gasteiger partial charge >= 0.3 is 0 Å². The van der Waals surface area contributed by atoms with E-state index in [0.29, 0.717) is 34.6 Å². The predicted molar refractivity (Wildman–Crippen MR) is 93.9 cm³/mol. The Labute approximate surface area is 152 Å². The van der Waals surface area contributed by atoms with Crippen LogP contribution >= 0.6 is 0 Å². The lowest BCUT2D eigenvalue weighted by Gasteiger charge is -2.09. The highest BCUT2D eigenvalue weighted by molar-refractivity contribution is 5.96. The number of hydrogen-bond donors (Lipinski definition) is 0. The third kappa shape index (κ3) is 2.49. The molecule has 10 nitrogen and oxygen atoms in total. The topological polar surface area (TPSA) is 109 Å². The summed E-state index contributed by atoms with van der Waals surface area (Å²) in [5.41, 5.74) is 1.18. The van der Waals surface area contributed by atoms with Crippen molar-refractivity contribution in [1.29, 1.82) is 0 Å². The van der Waals surface area contributed by atoms with Crippen molar-refractivity contribution >= 4 is 16.4 Å². The predicted octanol–water partition coefficient (Wildman–Crippen LogP) is 1.95. The molecule has 0 N–H and O–H groups in total. The van der Waals surface area contributed by atoms with Crippen molar-refractivity contribution < 1.29 is 9.26 Å². The average molecular weight is 362 g/mol. The lowest BCUT2D eigenvalue weighted by Crippen LogP contribution is -2.07. The molecule has 1 aromatic carbocycles. The van der Waals surface area contributed by atoms with Crippen molar-refractivity contribution in [3.8, 4) is 17.4 Å². The Balaban J connectivity index is 1.67. The minimum Gasteiger partial charge on any atom is -0.468 e. The molecule has 4 heterocycles. The standard InChI is InChI=1S/C17H14N8O2/c1-10-7-13(23-27-10)16-21-20-15-11-5-3-4-6-12(11)17(22-25(15)16)26-8-14-18-9-19-24(14)2/h3-7,9H,8H2,1-2H3. The molecule has 0 fully saturated rings. The smallest absolute Gasteiger partial charge is 0.240 e. The molecule has 0 atom stereocenters. The highest BCUT2D eigenvalue weighted by Crippen LogP contribution is 2.28. The van der Waals surface area contributed by atoms with Crippen molar-refractivity contribution in [3.63, 3.8) is 0 Å². The molecule has 0 saturated heterocycles. The van der Waals surface area contributed by atoms with E-state index in [9.17, 15) is 0 Å². The van der Waals surface area contributed by atoms with Gasteiger partial charge < -0.3 is 9.26 Å². The molecule has 0 aliphatic heterocycles. The van der Waals surface area contributed by atoms with Gasteiger partial charge in [-0.15, -0.1) is 15.3 Å². The van der Waals surface area contributed by atoms with Gasteiger partial charge in [-0.25, -0.2) is 4.98 Å². The first-order valence-electron chi connectivity index (χ1n) is 8.24. The van der Waals surface area contributed by atoms with Crippen molar-refractivity contribution in [3.05, 3.63) is 48.2 Å². The van der Waals surface area contributed by atoms with Gasteiger partial charge in [0.25, 0.3) is 0 Å². The Hall–Kier alpha value is -3.82. The number of aryl methyl sites for hydroxylation is 2. The summed E-state index contributed by atoms with van der Waals surface area (Å²) in [7, 11) is 1.81. The number of nitrogens with zero attached hydrogens (tertiary/aromatic N) is 8. The lowest BCUT2D eigenvalue weighted by atomic mass is 10.2. The van der Waals surface area contributed by atoms with Crippen molar-refractivity contribution in [2.45, 2.75) is 13.5 Å². The maximum atomic E-state index is 5.96. The number of fused-ring (bicyclic) bond motifs is 3. The van der Waals surface area contributed by atoms with E-state index in [1.165, 1.54) is 6.33 Å². The van der Waals surface area contributed by atoms with Crippen LogP contribution in [0.5, 0.6) is 5.88 Å². The van der Waals surface area contributed by atoms with E-state index in [2.05, 4.69) is 30.5 Å². The van der Waals surface area contributed by atoms with Crippen LogP contribution in [0.15, 0.2) is 41.2 Å². The van der Waals surface area contributed by atoms with Gasteiger partial charge in [0, 0.05) is 23.9 Å². The quantitative estimate of drug-likeness (QED) is 0.477. The van der Waals surface area contributed by atoms with E-state index in [1.54, 1.807) is 15.3 Å². The summed E-state index contributed by atoms with van der Waals surface area (Å²) in [5.74, 6) is 2.30. The zero-order valence-electron chi connectivity index (χ0n) is 14.6. The molecule has 5 rings (SSSR count). The summed E-state index contributed by atoms with van der Waals surface area (Å²) < 4.78 is 14.4. The lowest BCUT2D eigenvalue weighted by molar-refractivity contribution is 0.278. The van der Waals surface area contributed by atoms with Crippen LogP contribution in [0.3, 0.4) is 0 Å². The molecule has 0 radical (unpaired) electrons. The Morgan fingerprint density at radius 1 is 1.15 bits per heavy atom. The Kier molecular flexibility index (Phi) is 3.35. The first-order valence-corrected chi connectivity index (χ1v) is 8.24. The SMILES string of the molecule is Cc1cc(-c2nnc3c4ccccc4c(OCc4ncnn4C)nn23)no1. The van der Waals surface area contributed by atoms with Crippen LogP contribution in [0.1, 0.15) is 11.6 Å². The van der Waals surface area contributed by atoms with Crippen molar-refractivity contribution in [1.82, 2.24) is 39.7 Å². The minimum atomic E-state index is 0.236. The molecule has 0 spiro atoms. The Morgan fingerprint density at radius 3 is 2.74 bits per heavy atom. The van der Waals surface area contributed by atoms with Gasteiger partial charge in [0.15, 0.2) is 17.2 Å². The second kappa shape index (κ2) is 5.87. The van der Waals surface area contributed by atoms with Gasteiger partial charge in [-0.3, -0.25) is 4.68 Å². The summed E-state index contributed by atoms with van der Waals surface area (Å²) in [5, 5.41) is 22.9. The molecular weight excluding hydrogens is 348 g/mol. The van der Waals surface area contributed by atoms with E-state index >= 15 is 0 Å². The van der Waals surface area contributed by atoms with E-state index in [0.717, 1.165) is 10.8 Å². The Bertz CT molecular complexity index is 1270. The molecule has 0 bridgehead atoms. The maximum absolute atomic E-state index is 5.96. The van der Waals surface area contributed by atoms with Crippen molar-refractivity contribution in [2.24, 2.45) is 7.05 Å². The maximum Gasteiger partial charge on any atom is 0.240 e. The zero-order valence-corrected chi connectivity index (χ0v) is 14.6. The van der Waals surface area contributed by atoms with E-state index < -0.39 is 0 Å². The van der Waals surface area contributed by atoms with Crippen LogP contribution < -0.4 is 4.74 Å². The molecule has 27 heavy (non-hydrogen) atoms. The molecule has 134 valence electrons. The third-order valence-corrected chi connectivity index (χ3v) is 4.23. The van der Waals surface area contributed by atoms with Crippen LogP contribution in [-0.2, 0) is 13.7 Å². The molecule has 0 amide bonds. The minimum absolute atomic E-state index is 0.236. The van der Waals surface area contributed by atoms with Gasteiger partial charge in [-0.05, 0) is 13.0 Å². The third-order valence-electron chi connectivity index (χ3n) is 4.23. The molecule has 0 aliphatic carbocycles. The summed E-state index contributed by atoms with van der Waals surface area (Å²) in [6.45, 7) is 2.05. The van der Waals surface area contributed by atoms with Crippen LogP contribution in [0.25, 0.3) is 27.9 Å². The first-order chi connectivity index (χ1) is 13.2. The Morgan fingerprint density at radius 2 is 2.00 bits per heavy atom. The van der Waals surface area contributed by atoms with Gasteiger partial charge in [0.05, 0.1) is 0 Å². The molecule has 0 unspecified atom stereocenters. The van der Waals surface area contributed by atoms with Crippen LogP contribution in [0.2, 0.25) is 0 Å². The summed E-state index contributed by atoms with van der Waals surface area (Å²) in [6, 6.07) is 9.53. The molecule has 5 aromatic rings. The zero-order chi connectivity index (χ0) is 18.4. The summed E-state index contributed by atoms with van der Waals surface area (Å²) >= 11 is 0. The number of rotatable bonds is 4. The molecule has 10 heteroatoms. The fourth-order valence-electron chi connectivity index (χ4n) is 2.87. The van der Waals surface area contributed by atoms with Gasteiger partial charge in [-0.1, -0.05) is 23.4 Å². The number of hydrogen-bond acceptors (Lipinski definition) is 8. The number of benzene rings is 1. The molecule has 0 aliphatic rings. The summed E-state index contributed by atoms with van der Waals surface area (Å²) in [4.78, 5) is 4.18. The normalized spacial score (nSPS) is 11.5. The summed E-state index contributed by atoms with van der Waals surface area (Å²) in [6.07, 6.45) is 1.48. The van der Waals surface area contributed by atoms with Gasteiger partial charge in [0.2, 0.25) is 11.7 Å². The largest absolute Gasteiger partial charge is 0.468 e. The van der Waals surface area contributed by atoms with Crippen LogP contribution in [-0.4, -0.2) is 39.7 Å². The van der Waals surface area contributed by atoms with Gasteiger partial charge in [0.1, 0.15) is 18.7 Å². The monoisotopic (exact) mass is 362 g/mol. The van der Waals surface area contributed by atoms with E-state index in [1.807, 2.05) is 38.2 Å². The average Bonchev–Trinajstić information content (AvgIpc) is 3.39. The molecule has 0 saturated carbocycles. The van der Waals surface area contributed by atoms with Crippen LogP contribution in [0, 0.1) is 6.92 Å². The number of ether oxygens (including phenoxy) is 1. The highest BCUT2D eigenvalue weighted by atomic mass is 16.5. The number of aromatic nitrogens is 8. The second-order valence-electron chi connectivity index (χ2n) is 6.02. The van der Waals surface area contributed by atoms with Crippen LogP contribution in [0.4, 0.5) is 0 Å². The fourth-order valence-corrected chi connectivity index (χ4v) is 2.87.